The lowest BCUT2D eigenvalue weighted by molar-refractivity contribution is -0.121. The third kappa shape index (κ3) is 4.45. The lowest BCUT2D eigenvalue weighted by atomic mass is 9.94. The number of hydrogen-bond donors (Lipinski definition) is 2. The van der Waals surface area contributed by atoms with E-state index in [0.29, 0.717) is 17.0 Å². The highest BCUT2D eigenvalue weighted by Crippen LogP contribution is 2.22. The maximum Gasteiger partial charge on any atom is 0.288 e. The molecular weight excluding hydrogens is 341 g/mol. The molecule has 2 N–H and O–H groups in total. The molecule has 0 radical (unpaired) electrons. The Kier molecular flexibility index (Phi) is 5.14. The number of amides is 2. The second kappa shape index (κ2) is 7.48. The van der Waals surface area contributed by atoms with Crippen LogP contribution in [0, 0.1) is 11.7 Å². The molecule has 25 heavy (non-hydrogen) atoms. The first-order valence-electron chi connectivity index (χ1n) is 7.72. The highest BCUT2D eigenvalue weighted by atomic mass is 32.2. The largest absolute Gasteiger partial charge is 0.317 e. The van der Waals surface area contributed by atoms with Crippen LogP contribution in [0.4, 0.5) is 14.9 Å². The standard InChI is InChI=1S/C18H16FN3O2S/c1-11-10-16(23)21-22-17(11)12-2-6-14(7-3-12)20-18(24)25-15-8-4-13(19)5-9-15/h2-9,11H,10H2,1H3,(H,20,24)(H,21,23). The Hall–Kier alpha value is -2.67. The van der Waals surface area contributed by atoms with Crippen molar-refractivity contribution in [2.24, 2.45) is 11.0 Å². The van der Waals surface area contributed by atoms with E-state index < -0.39 is 0 Å². The first-order chi connectivity index (χ1) is 12.0. The van der Waals surface area contributed by atoms with E-state index in [-0.39, 0.29) is 22.9 Å². The molecule has 0 spiro atoms. The van der Waals surface area contributed by atoms with Gasteiger partial charge in [-0.1, -0.05) is 19.1 Å². The number of carbonyl (C=O) groups excluding carboxylic acids is 2. The zero-order valence-corrected chi connectivity index (χ0v) is 14.3. The van der Waals surface area contributed by atoms with Gasteiger partial charge < -0.3 is 5.32 Å². The average molecular weight is 357 g/mol. The molecule has 3 rings (SSSR count). The van der Waals surface area contributed by atoms with Crippen molar-refractivity contribution < 1.29 is 14.0 Å². The van der Waals surface area contributed by atoms with E-state index in [1.165, 1.54) is 12.1 Å². The second-order valence-electron chi connectivity index (χ2n) is 5.68. The molecule has 5 nitrogen and oxygen atoms in total. The molecule has 1 unspecified atom stereocenters. The SMILES string of the molecule is CC1CC(=O)NN=C1c1ccc(NC(=O)Sc2ccc(F)cc2)cc1. The fourth-order valence-corrected chi connectivity index (χ4v) is 3.13. The van der Waals surface area contributed by atoms with Crippen LogP contribution in [0.15, 0.2) is 58.5 Å². The Balaban J connectivity index is 1.63. The number of thioether (sulfide) groups is 1. The Morgan fingerprint density at radius 3 is 2.52 bits per heavy atom. The van der Waals surface area contributed by atoms with Crippen LogP contribution in [0.2, 0.25) is 0 Å². The summed E-state index contributed by atoms with van der Waals surface area (Å²) in [5.41, 5.74) is 4.86. The smallest absolute Gasteiger partial charge is 0.288 e. The zero-order chi connectivity index (χ0) is 17.8. The summed E-state index contributed by atoms with van der Waals surface area (Å²) >= 11 is 0.992. The number of nitrogens with one attached hydrogen (secondary N) is 2. The van der Waals surface area contributed by atoms with Crippen LogP contribution in [0.1, 0.15) is 18.9 Å². The summed E-state index contributed by atoms with van der Waals surface area (Å²) in [6.45, 7) is 1.95. The van der Waals surface area contributed by atoms with E-state index in [1.54, 1.807) is 24.3 Å². The summed E-state index contributed by atoms with van der Waals surface area (Å²) in [6, 6.07) is 13.0. The van der Waals surface area contributed by atoms with Crippen LogP contribution < -0.4 is 10.7 Å². The molecule has 1 heterocycles. The molecule has 1 atom stereocenters. The van der Waals surface area contributed by atoms with Gasteiger partial charge in [-0.2, -0.15) is 5.10 Å². The normalized spacial score (nSPS) is 16.8. The zero-order valence-electron chi connectivity index (χ0n) is 13.5. The van der Waals surface area contributed by atoms with Crippen molar-refractivity contribution in [1.29, 1.82) is 0 Å². The van der Waals surface area contributed by atoms with Crippen LogP contribution in [0.5, 0.6) is 0 Å². The van der Waals surface area contributed by atoms with Gasteiger partial charge in [0.15, 0.2) is 0 Å². The maximum atomic E-state index is 12.9. The van der Waals surface area contributed by atoms with Gasteiger partial charge in [-0.15, -0.1) is 0 Å². The number of nitrogens with zero attached hydrogens (tertiary/aromatic N) is 1. The number of hydrogen-bond acceptors (Lipinski definition) is 4. The molecule has 0 saturated heterocycles. The van der Waals surface area contributed by atoms with Crippen LogP contribution >= 0.6 is 11.8 Å². The molecule has 1 aliphatic heterocycles. The van der Waals surface area contributed by atoms with Crippen LogP contribution in [0.3, 0.4) is 0 Å². The average Bonchev–Trinajstić information content (AvgIpc) is 2.58. The second-order valence-corrected chi connectivity index (χ2v) is 6.73. The van der Waals surface area contributed by atoms with E-state index in [1.807, 2.05) is 19.1 Å². The summed E-state index contributed by atoms with van der Waals surface area (Å²) in [5, 5.41) is 6.63. The Morgan fingerprint density at radius 2 is 1.88 bits per heavy atom. The Morgan fingerprint density at radius 1 is 1.20 bits per heavy atom. The summed E-state index contributed by atoms with van der Waals surface area (Å²) in [7, 11) is 0. The third-order valence-corrected chi connectivity index (χ3v) is 4.51. The topological polar surface area (TPSA) is 70.6 Å². The molecular formula is C18H16FN3O2S. The van der Waals surface area contributed by atoms with E-state index in [0.717, 1.165) is 23.0 Å². The minimum atomic E-state index is -0.337. The number of rotatable bonds is 3. The molecule has 1 aliphatic rings. The van der Waals surface area contributed by atoms with Crippen molar-refractivity contribution in [3.8, 4) is 0 Å². The van der Waals surface area contributed by atoms with Gasteiger partial charge in [-0.3, -0.25) is 9.59 Å². The summed E-state index contributed by atoms with van der Waals surface area (Å²) in [4.78, 5) is 24.0. The van der Waals surface area contributed by atoms with E-state index in [9.17, 15) is 14.0 Å². The molecule has 0 saturated carbocycles. The van der Waals surface area contributed by atoms with E-state index >= 15 is 0 Å². The molecule has 7 heteroatoms. The van der Waals surface area contributed by atoms with Gasteiger partial charge in [0.25, 0.3) is 5.24 Å². The first-order valence-corrected chi connectivity index (χ1v) is 8.54. The quantitative estimate of drug-likeness (QED) is 0.816. The Bertz CT molecular complexity index is 819. The molecule has 2 amide bonds. The third-order valence-electron chi connectivity index (χ3n) is 3.71. The first kappa shape index (κ1) is 17.2. The van der Waals surface area contributed by atoms with Crippen molar-refractivity contribution >= 4 is 34.3 Å². The van der Waals surface area contributed by atoms with Gasteiger partial charge in [0, 0.05) is 22.9 Å². The number of hydrazone groups is 1. The number of anilines is 1. The fraction of sp³-hybridized carbons (Fsp3) is 0.167. The number of benzene rings is 2. The van der Waals surface area contributed by atoms with Crippen LogP contribution in [-0.4, -0.2) is 16.9 Å². The van der Waals surface area contributed by atoms with Gasteiger partial charge in [0.05, 0.1) is 5.71 Å². The molecule has 0 fully saturated rings. The van der Waals surface area contributed by atoms with Crippen molar-refractivity contribution in [2.45, 2.75) is 18.2 Å². The van der Waals surface area contributed by atoms with Crippen molar-refractivity contribution in [1.82, 2.24) is 5.43 Å². The van der Waals surface area contributed by atoms with E-state index in [2.05, 4.69) is 15.8 Å². The van der Waals surface area contributed by atoms with Gasteiger partial charge in [0.2, 0.25) is 5.91 Å². The number of halogens is 1. The highest BCUT2D eigenvalue weighted by Gasteiger charge is 2.21. The Labute approximate surface area is 148 Å². The van der Waals surface area contributed by atoms with Crippen molar-refractivity contribution in [3.63, 3.8) is 0 Å². The lowest BCUT2D eigenvalue weighted by Crippen LogP contribution is -2.31. The van der Waals surface area contributed by atoms with Gasteiger partial charge >= 0.3 is 0 Å². The number of carbonyl (C=O) groups is 2. The molecule has 0 bridgehead atoms. The minimum Gasteiger partial charge on any atom is -0.317 e. The van der Waals surface area contributed by atoms with Gasteiger partial charge in [-0.25, -0.2) is 9.82 Å². The van der Waals surface area contributed by atoms with Crippen molar-refractivity contribution in [2.75, 3.05) is 5.32 Å². The van der Waals surface area contributed by atoms with Crippen molar-refractivity contribution in [3.05, 3.63) is 59.9 Å². The fourth-order valence-electron chi connectivity index (χ4n) is 2.48. The lowest BCUT2D eigenvalue weighted by Gasteiger charge is -2.19. The molecule has 2 aromatic carbocycles. The maximum absolute atomic E-state index is 12.9. The molecule has 128 valence electrons. The van der Waals surface area contributed by atoms with Crippen LogP contribution in [-0.2, 0) is 4.79 Å². The monoisotopic (exact) mass is 357 g/mol. The highest BCUT2D eigenvalue weighted by molar-refractivity contribution is 8.13. The summed E-state index contributed by atoms with van der Waals surface area (Å²) < 4.78 is 12.9. The van der Waals surface area contributed by atoms with Crippen LogP contribution in [0.25, 0.3) is 0 Å². The summed E-state index contributed by atoms with van der Waals surface area (Å²) in [5.74, 6) is -0.377. The molecule has 0 aromatic heterocycles. The summed E-state index contributed by atoms with van der Waals surface area (Å²) in [6.07, 6.45) is 0.408. The van der Waals surface area contributed by atoms with Gasteiger partial charge in [0.1, 0.15) is 5.82 Å². The predicted octanol–water partition coefficient (Wildman–Crippen LogP) is 4.01. The predicted molar refractivity (Wildman–Crippen MR) is 96.2 cm³/mol. The molecule has 0 aliphatic carbocycles. The minimum absolute atomic E-state index is 0.0447. The van der Waals surface area contributed by atoms with Gasteiger partial charge in [-0.05, 0) is 53.7 Å². The molecule has 2 aromatic rings. The van der Waals surface area contributed by atoms with E-state index in [4.69, 9.17) is 0 Å².